The fourth-order valence-electron chi connectivity index (χ4n) is 3.02. The van der Waals surface area contributed by atoms with Gasteiger partial charge in [0.25, 0.3) is 11.5 Å². The molecule has 0 atom stereocenters. The van der Waals surface area contributed by atoms with Crippen LogP contribution in [0.3, 0.4) is 0 Å². The number of aromatic amines is 1. The summed E-state index contributed by atoms with van der Waals surface area (Å²) in [5.41, 5.74) is 4.34. The zero-order valence-corrected chi connectivity index (χ0v) is 17.9. The third-order valence-corrected chi connectivity index (χ3v) is 4.34. The van der Waals surface area contributed by atoms with Gasteiger partial charge in [0, 0.05) is 32.4 Å². The first-order chi connectivity index (χ1) is 14.9. The van der Waals surface area contributed by atoms with Crippen molar-refractivity contribution < 1.29 is 27.4 Å². The second kappa shape index (κ2) is 10.4. The lowest BCUT2D eigenvalue weighted by Gasteiger charge is -2.25. The molecule has 176 valence electrons. The van der Waals surface area contributed by atoms with Crippen molar-refractivity contribution in [3.05, 3.63) is 50.7 Å². The number of nitrogens with zero attached hydrogens (tertiary/aromatic N) is 2. The van der Waals surface area contributed by atoms with Gasteiger partial charge in [0.1, 0.15) is 11.6 Å². The Labute approximate surface area is 181 Å². The van der Waals surface area contributed by atoms with Gasteiger partial charge in [-0.2, -0.15) is 0 Å². The van der Waals surface area contributed by atoms with Crippen molar-refractivity contribution in [2.24, 2.45) is 5.92 Å². The monoisotopic (exact) mass is 458 g/mol. The number of ether oxygens (including phenoxy) is 2. The van der Waals surface area contributed by atoms with E-state index in [0.717, 1.165) is 33.7 Å². The van der Waals surface area contributed by atoms with Crippen molar-refractivity contribution in [2.75, 3.05) is 30.9 Å². The number of hydrogen-bond donors (Lipinski definition) is 2. The quantitative estimate of drug-likeness (QED) is 0.557. The van der Waals surface area contributed by atoms with Gasteiger partial charge in [-0.25, -0.2) is 4.79 Å². The normalized spacial score (nSPS) is 11.6. The molecule has 2 rings (SSSR count). The number of halogens is 3. The first kappa shape index (κ1) is 25.0. The van der Waals surface area contributed by atoms with Crippen molar-refractivity contribution >= 4 is 17.4 Å². The Hall–Kier alpha value is -3.28. The highest BCUT2D eigenvalue weighted by Gasteiger charge is 2.31. The Bertz CT molecular complexity index is 1050. The number of H-pyrrole nitrogens is 1. The van der Waals surface area contributed by atoms with E-state index in [4.69, 9.17) is 10.5 Å². The summed E-state index contributed by atoms with van der Waals surface area (Å²) in [7, 11) is 1.47. The number of rotatable bonds is 9. The van der Waals surface area contributed by atoms with Crippen LogP contribution >= 0.6 is 0 Å². The number of aromatic nitrogens is 2. The molecule has 0 bridgehead atoms. The van der Waals surface area contributed by atoms with Gasteiger partial charge in [0.2, 0.25) is 0 Å². The molecular formula is C20H25F3N4O5. The minimum atomic E-state index is -4.87. The van der Waals surface area contributed by atoms with Crippen molar-refractivity contribution in [3.8, 4) is 5.75 Å². The minimum absolute atomic E-state index is 0.00245. The molecule has 1 aromatic heterocycles. The number of carbonyl (C=O) groups is 1. The van der Waals surface area contributed by atoms with E-state index in [1.165, 1.54) is 7.11 Å². The average Bonchev–Trinajstić information content (AvgIpc) is 2.68. The maximum atomic E-state index is 13.2. The molecule has 0 aliphatic rings. The second-order valence-electron chi connectivity index (χ2n) is 7.37. The van der Waals surface area contributed by atoms with Crippen LogP contribution in [0, 0.1) is 5.92 Å². The van der Waals surface area contributed by atoms with E-state index >= 15 is 0 Å². The number of benzene rings is 1. The maximum Gasteiger partial charge on any atom is 0.573 e. The van der Waals surface area contributed by atoms with E-state index in [-0.39, 0.29) is 42.7 Å². The van der Waals surface area contributed by atoms with Crippen LogP contribution < -0.4 is 26.6 Å². The highest BCUT2D eigenvalue weighted by atomic mass is 19.4. The van der Waals surface area contributed by atoms with Gasteiger partial charge < -0.3 is 20.1 Å². The van der Waals surface area contributed by atoms with Gasteiger partial charge in [0.05, 0.1) is 0 Å². The maximum absolute atomic E-state index is 13.2. The van der Waals surface area contributed by atoms with E-state index in [2.05, 4.69) is 9.72 Å². The van der Waals surface area contributed by atoms with Crippen molar-refractivity contribution in [1.82, 2.24) is 9.55 Å². The molecule has 0 fully saturated rings. The molecule has 1 heterocycles. The van der Waals surface area contributed by atoms with Gasteiger partial charge >= 0.3 is 12.1 Å². The molecular weight excluding hydrogens is 433 g/mol. The molecule has 0 saturated carbocycles. The molecule has 2 aromatic rings. The first-order valence-electron chi connectivity index (χ1n) is 9.73. The number of anilines is 2. The fourth-order valence-corrected chi connectivity index (χ4v) is 3.02. The number of nitrogen functional groups attached to an aromatic ring is 1. The number of hydrogen-bond acceptors (Lipinski definition) is 6. The molecule has 0 radical (unpaired) electrons. The van der Waals surface area contributed by atoms with Crippen LogP contribution in [0.4, 0.5) is 24.7 Å². The summed E-state index contributed by atoms with van der Waals surface area (Å²) in [4.78, 5) is 41.3. The van der Waals surface area contributed by atoms with Crippen LogP contribution in [0.1, 0.15) is 30.6 Å². The summed E-state index contributed by atoms with van der Waals surface area (Å²) in [6, 6.07) is 4.26. The number of nitrogens with two attached hydrogens (primary N) is 1. The van der Waals surface area contributed by atoms with Crippen molar-refractivity contribution in [2.45, 2.75) is 33.2 Å². The van der Waals surface area contributed by atoms with E-state index in [1.54, 1.807) is 0 Å². The van der Waals surface area contributed by atoms with Crippen LogP contribution in [0.25, 0.3) is 0 Å². The Morgan fingerprint density at radius 2 is 1.84 bits per heavy atom. The average molecular weight is 458 g/mol. The molecule has 0 saturated heterocycles. The highest BCUT2D eigenvalue weighted by Crippen LogP contribution is 2.25. The zero-order chi connectivity index (χ0) is 24.1. The predicted molar refractivity (Wildman–Crippen MR) is 112 cm³/mol. The highest BCUT2D eigenvalue weighted by molar-refractivity contribution is 6.07. The molecule has 0 aliphatic carbocycles. The summed E-state index contributed by atoms with van der Waals surface area (Å²) < 4.78 is 47.1. The molecule has 0 unspecified atom stereocenters. The fraction of sp³-hybridized carbons (Fsp3) is 0.450. The molecule has 32 heavy (non-hydrogen) atoms. The third kappa shape index (κ3) is 6.36. The smallest absolute Gasteiger partial charge is 0.406 e. The van der Waals surface area contributed by atoms with E-state index in [0.29, 0.717) is 6.42 Å². The standard InChI is InChI=1S/C20H25F3N4O5/c1-12(2)11-27-16(24)15(17(28)25-19(27)30)26(9-4-10-31-3)18(29)13-5-7-14(8-6-13)32-20(21,22)23/h5-8,12H,4,9-11,24H2,1-3H3,(H,25,28,30). The van der Waals surface area contributed by atoms with Gasteiger partial charge in [-0.1, -0.05) is 13.8 Å². The number of nitrogens with one attached hydrogen (secondary N) is 1. The lowest BCUT2D eigenvalue weighted by Crippen LogP contribution is -2.42. The van der Waals surface area contributed by atoms with Gasteiger partial charge in [-0.15, -0.1) is 13.2 Å². The van der Waals surface area contributed by atoms with Gasteiger partial charge in [-0.3, -0.25) is 19.1 Å². The lowest BCUT2D eigenvalue weighted by atomic mass is 10.1. The molecule has 12 heteroatoms. The molecule has 1 amide bonds. The number of alkyl halides is 3. The number of amides is 1. The molecule has 1 aromatic carbocycles. The number of methoxy groups -OCH3 is 1. The summed E-state index contributed by atoms with van der Waals surface area (Å²) >= 11 is 0. The van der Waals surface area contributed by atoms with Crippen molar-refractivity contribution in [3.63, 3.8) is 0 Å². The summed E-state index contributed by atoms with van der Waals surface area (Å²) in [6.45, 7) is 4.19. The minimum Gasteiger partial charge on any atom is -0.406 e. The SMILES string of the molecule is COCCCN(C(=O)c1ccc(OC(F)(F)F)cc1)c1c(N)n(CC(C)C)c(=O)[nH]c1=O. The van der Waals surface area contributed by atoms with Gasteiger partial charge in [-0.05, 0) is 36.6 Å². The second-order valence-corrected chi connectivity index (χ2v) is 7.37. The number of carbonyl (C=O) groups excluding carboxylic acids is 1. The molecule has 0 aliphatic heterocycles. The predicted octanol–water partition coefficient (Wildman–Crippen LogP) is 2.36. The van der Waals surface area contributed by atoms with Crippen molar-refractivity contribution in [1.29, 1.82) is 0 Å². The summed E-state index contributed by atoms with van der Waals surface area (Å²) in [6.07, 6.45) is -4.54. The van der Waals surface area contributed by atoms with Crippen LogP contribution in [0.15, 0.2) is 33.9 Å². The Kier molecular flexibility index (Phi) is 8.08. The molecule has 9 nitrogen and oxygen atoms in total. The largest absolute Gasteiger partial charge is 0.573 e. The molecule has 0 spiro atoms. The Morgan fingerprint density at radius 1 is 1.22 bits per heavy atom. The summed E-state index contributed by atoms with van der Waals surface area (Å²) in [5.74, 6) is -1.35. The Morgan fingerprint density at radius 3 is 2.38 bits per heavy atom. The topological polar surface area (TPSA) is 120 Å². The lowest BCUT2D eigenvalue weighted by molar-refractivity contribution is -0.274. The van der Waals surface area contributed by atoms with Crippen LogP contribution in [0.5, 0.6) is 5.75 Å². The van der Waals surface area contributed by atoms with E-state index in [9.17, 15) is 27.6 Å². The van der Waals surface area contributed by atoms with Crippen LogP contribution in [-0.4, -0.2) is 42.1 Å². The van der Waals surface area contributed by atoms with Crippen LogP contribution in [-0.2, 0) is 11.3 Å². The summed E-state index contributed by atoms with van der Waals surface area (Å²) in [5, 5.41) is 0. The van der Waals surface area contributed by atoms with E-state index in [1.807, 2.05) is 13.8 Å². The molecule has 3 N–H and O–H groups in total. The van der Waals surface area contributed by atoms with Gasteiger partial charge in [0.15, 0.2) is 5.69 Å². The first-order valence-corrected chi connectivity index (χ1v) is 9.73. The zero-order valence-electron chi connectivity index (χ0n) is 17.9. The third-order valence-electron chi connectivity index (χ3n) is 4.34. The van der Waals surface area contributed by atoms with E-state index < -0.39 is 29.3 Å². The Balaban J connectivity index is 2.49. The van der Waals surface area contributed by atoms with Crippen LogP contribution in [0.2, 0.25) is 0 Å².